The minimum atomic E-state index is -0.427. The van der Waals surface area contributed by atoms with Crippen LogP contribution in [-0.4, -0.2) is 59.4 Å². The summed E-state index contributed by atoms with van der Waals surface area (Å²) < 4.78 is 0. The molecule has 0 radical (unpaired) electrons. The van der Waals surface area contributed by atoms with Crippen LogP contribution in [0.2, 0.25) is 0 Å². The summed E-state index contributed by atoms with van der Waals surface area (Å²) >= 11 is 0. The van der Waals surface area contributed by atoms with E-state index in [0.29, 0.717) is 13.1 Å². The van der Waals surface area contributed by atoms with Crippen molar-refractivity contribution >= 4 is 11.8 Å². The van der Waals surface area contributed by atoms with Crippen molar-refractivity contribution in [2.24, 2.45) is 0 Å². The number of benzene rings is 2. The first-order valence-corrected chi connectivity index (χ1v) is 9.71. The lowest BCUT2D eigenvalue weighted by molar-refractivity contribution is -0.131. The second-order valence-corrected chi connectivity index (χ2v) is 7.03. The molecule has 6 heteroatoms. The molecule has 6 nitrogen and oxygen atoms in total. The van der Waals surface area contributed by atoms with Crippen LogP contribution in [0, 0.1) is 0 Å². The van der Waals surface area contributed by atoms with E-state index in [-0.39, 0.29) is 23.8 Å². The van der Waals surface area contributed by atoms with Crippen LogP contribution in [0.1, 0.15) is 28.4 Å². The molecule has 1 aliphatic heterocycles. The zero-order chi connectivity index (χ0) is 19.9. The molecular formula is C22H27N3O3. The van der Waals surface area contributed by atoms with Crippen molar-refractivity contribution in [3.63, 3.8) is 0 Å². The number of nitrogens with one attached hydrogen (secondary N) is 1. The average molecular weight is 381 g/mol. The van der Waals surface area contributed by atoms with E-state index in [2.05, 4.69) is 22.3 Å². The predicted octanol–water partition coefficient (Wildman–Crippen LogP) is 2.03. The number of phenols is 1. The Kier molecular flexibility index (Phi) is 6.66. The van der Waals surface area contributed by atoms with Gasteiger partial charge in [-0.1, -0.05) is 43.3 Å². The van der Waals surface area contributed by atoms with Gasteiger partial charge in [-0.3, -0.25) is 14.5 Å². The molecule has 3 rings (SSSR count). The number of phenolic OH excluding ortho intramolecular Hbond substituents is 1. The van der Waals surface area contributed by atoms with Crippen molar-refractivity contribution in [3.8, 4) is 5.75 Å². The van der Waals surface area contributed by atoms with E-state index in [1.807, 2.05) is 25.1 Å². The zero-order valence-electron chi connectivity index (χ0n) is 16.2. The Morgan fingerprint density at radius 1 is 1.00 bits per heavy atom. The molecule has 148 valence electrons. The molecule has 0 atom stereocenters. The molecule has 2 aromatic rings. The molecule has 2 aromatic carbocycles. The maximum absolute atomic E-state index is 12.4. The summed E-state index contributed by atoms with van der Waals surface area (Å²) in [7, 11) is 0. The summed E-state index contributed by atoms with van der Waals surface area (Å²) in [6.45, 7) is 5.73. The van der Waals surface area contributed by atoms with Crippen molar-refractivity contribution in [3.05, 3.63) is 65.2 Å². The second kappa shape index (κ2) is 9.37. The Morgan fingerprint density at radius 2 is 1.71 bits per heavy atom. The average Bonchev–Trinajstić information content (AvgIpc) is 2.73. The number of amides is 2. The van der Waals surface area contributed by atoms with E-state index >= 15 is 0 Å². The molecule has 1 aliphatic rings. The normalized spacial score (nSPS) is 14.7. The highest BCUT2D eigenvalue weighted by Gasteiger charge is 2.22. The second-order valence-electron chi connectivity index (χ2n) is 7.03. The smallest absolute Gasteiger partial charge is 0.255 e. The minimum absolute atomic E-state index is 0.0622. The maximum Gasteiger partial charge on any atom is 0.255 e. The first-order chi connectivity index (χ1) is 13.6. The Morgan fingerprint density at radius 3 is 2.39 bits per heavy atom. The van der Waals surface area contributed by atoms with Crippen LogP contribution in [-0.2, 0) is 17.8 Å². The molecule has 1 heterocycles. The monoisotopic (exact) mass is 381 g/mol. The third kappa shape index (κ3) is 5.10. The number of piperazine rings is 1. The number of hydrogen-bond acceptors (Lipinski definition) is 4. The number of aromatic hydroxyl groups is 1. The number of carbonyl (C=O) groups excluding carboxylic acids is 2. The van der Waals surface area contributed by atoms with Crippen LogP contribution >= 0.6 is 0 Å². The lowest BCUT2D eigenvalue weighted by Gasteiger charge is -2.34. The summed E-state index contributed by atoms with van der Waals surface area (Å²) in [4.78, 5) is 28.9. The van der Waals surface area contributed by atoms with Gasteiger partial charge in [0.05, 0.1) is 12.1 Å². The zero-order valence-corrected chi connectivity index (χ0v) is 16.2. The molecule has 0 aliphatic carbocycles. The highest BCUT2D eigenvalue weighted by atomic mass is 16.3. The maximum atomic E-state index is 12.4. The third-order valence-corrected chi connectivity index (χ3v) is 5.09. The van der Waals surface area contributed by atoms with E-state index in [1.165, 1.54) is 11.6 Å². The molecule has 0 spiro atoms. The van der Waals surface area contributed by atoms with Crippen molar-refractivity contribution in [2.75, 3.05) is 32.7 Å². The molecule has 0 saturated carbocycles. The van der Waals surface area contributed by atoms with Gasteiger partial charge in [0, 0.05) is 32.7 Å². The van der Waals surface area contributed by atoms with Gasteiger partial charge in [0.2, 0.25) is 5.91 Å². The number of nitrogens with zero attached hydrogens (tertiary/aromatic N) is 2. The van der Waals surface area contributed by atoms with Crippen molar-refractivity contribution < 1.29 is 14.7 Å². The first kappa shape index (κ1) is 19.9. The minimum Gasteiger partial charge on any atom is -0.507 e. The van der Waals surface area contributed by atoms with E-state index in [0.717, 1.165) is 31.6 Å². The fraction of sp³-hybridized carbons (Fsp3) is 0.364. The van der Waals surface area contributed by atoms with Gasteiger partial charge in [0.1, 0.15) is 5.75 Å². The van der Waals surface area contributed by atoms with Gasteiger partial charge in [-0.2, -0.15) is 0 Å². The van der Waals surface area contributed by atoms with Crippen LogP contribution in [0.15, 0.2) is 48.5 Å². The highest BCUT2D eigenvalue weighted by molar-refractivity contribution is 5.98. The van der Waals surface area contributed by atoms with Crippen LogP contribution in [0.25, 0.3) is 0 Å². The SMILES string of the molecule is CCc1ccc(O)c(C(=O)NCC(=O)N2CCN(Cc3ccccc3)CC2)c1. The summed E-state index contributed by atoms with van der Waals surface area (Å²) in [5.41, 5.74) is 2.44. The standard InChI is InChI=1S/C22H27N3O3/c1-2-17-8-9-20(26)19(14-17)22(28)23-15-21(27)25-12-10-24(11-13-25)16-18-6-4-3-5-7-18/h3-9,14,26H,2,10-13,15-16H2,1H3,(H,23,28). The fourth-order valence-corrected chi connectivity index (χ4v) is 3.34. The number of aryl methyl sites for hydroxylation is 1. The molecule has 2 N–H and O–H groups in total. The summed E-state index contributed by atoms with van der Waals surface area (Å²) in [5.74, 6) is -0.598. The number of carbonyl (C=O) groups is 2. The molecule has 1 fully saturated rings. The molecule has 1 saturated heterocycles. The van der Waals surface area contributed by atoms with E-state index in [9.17, 15) is 14.7 Å². The van der Waals surface area contributed by atoms with Gasteiger partial charge in [-0.15, -0.1) is 0 Å². The van der Waals surface area contributed by atoms with Crippen molar-refractivity contribution in [1.29, 1.82) is 0 Å². The summed E-state index contributed by atoms with van der Waals surface area (Å²) in [5, 5.41) is 12.5. The van der Waals surface area contributed by atoms with E-state index in [1.54, 1.807) is 17.0 Å². The first-order valence-electron chi connectivity index (χ1n) is 9.71. The van der Waals surface area contributed by atoms with Crippen LogP contribution < -0.4 is 5.32 Å². The molecule has 0 unspecified atom stereocenters. The Bertz CT molecular complexity index is 815. The predicted molar refractivity (Wildman–Crippen MR) is 108 cm³/mol. The topological polar surface area (TPSA) is 72.9 Å². The summed E-state index contributed by atoms with van der Waals surface area (Å²) in [6, 6.07) is 15.3. The van der Waals surface area contributed by atoms with Crippen molar-refractivity contribution in [1.82, 2.24) is 15.1 Å². The fourth-order valence-electron chi connectivity index (χ4n) is 3.34. The lowest BCUT2D eigenvalue weighted by Crippen LogP contribution is -2.50. The van der Waals surface area contributed by atoms with Gasteiger partial charge in [-0.05, 0) is 29.7 Å². The Hall–Kier alpha value is -2.86. The van der Waals surface area contributed by atoms with Crippen LogP contribution in [0.5, 0.6) is 5.75 Å². The largest absolute Gasteiger partial charge is 0.507 e. The van der Waals surface area contributed by atoms with Gasteiger partial charge >= 0.3 is 0 Å². The van der Waals surface area contributed by atoms with E-state index < -0.39 is 5.91 Å². The quantitative estimate of drug-likeness (QED) is 0.803. The van der Waals surface area contributed by atoms with Gasteiger partial charge < -0.3 is 15.3 Å². The van der Waals surface area contributed by atoms with Gasteiger partial charge in [-0.25, -0.2) is 0 Å². The highest BCUT2D eigenvalue weighted by Crippen LogP contribution is 2.18. The number of hydrogen-bond donors (Lipinski definition) is 2. The Balaban J connectivity index is 1.46. The summed E-state index contributed by atoms with van der Waals surface area (Å²) in [6.07, 6.45) is 0.771. The molecular weight excluding hydrogens is 354 g/mol. The molecule has 0 aromatic heterocycles. The molecule has 0 bridgehead atoms. The van der Waals surface area contributed by atoms with E-state index in [4.69, 9.17) is 0 Å². The molecule has 28 heavy (non-hydrogen) atoms. The van der Waals surface area contributed by atoms with Crippen molar-refractivity contribution in [2.45, 2.75) is 19.9 Å². The van der Waals surface area contributed by atoms with Gasteiger partial charge in [0.25, 0.3) is 5.91 Å². The lowest BCUT2D eigenvalue weighted by atomic mass is 10.1. The number of rotatable bonds is 6. The third-order valence-electron chi connectivity index (χ3n) is 5.09. The molecule has 2 amide bonds. The van der Waals surface area contributed by atoms with Gasteiger partial charge in [0.15, 0.2) is 0 Å². The van der Waals surface area contributed by atoms with Crippen LogP contribution in [0.4, 0.5) is 0 Å². The van der Waals surface area contributed by atoms with Crippen LogP contribution in [0.3, 0.4) is 0 Å². The Labute approximate surface area is 165 Å².